The van der Waals surface area contributed by atoms with Crippen LogP contribution in [0.2, 0.25) is 0 Å². The van der Waals surface area contributed by atoms with Crippen LogP contribution in [0.25, 0.3) is 10.9 Å². The minimum atomic E-state index is 0.0670. The Labute approximate surface area is 208 Å². The average molecular weight is 521 g/mol. The van der Waals surface area contributed by atoms with Crippen LogP contribution in [0.1, 0.15) is 42.8 Å². The molecule has 0 saturated heterocycles. The van der Waals surface area contributed by atoms with Crippen molar-refractivity contribution in [2.75, 3.05) is 19.0 Å². The Balaban J connectivity index is 1.49. The maximum Gasteiger partial charge on any atom is 0.163 e. The molecule has 2 aromatic carbocycles. The maximum absolute atomic E-state index is 6.09. The molecule has 0 aliphatic rings. The first kappa shape index (κ1) is 24.0. The molecule has 7 heteroatoms. The molecule has 0 aliphatic carbocycles. The van der Waals surface area contributed by atoms with Crippen LogP contribution in [0.5, 0.6) is 11.5 Å². The number of unbranched alkanes of at least 4 members (excludes halogenated alkanes) is 1. The first-order valence-corrected chi connectivity index (χ1v) is 12.2. The summed E-state index contributed by atoms with van der Waals surface area (Å²) < 4.78 is 12.8. The van der Waals surface area contributed by atoms with E-state index < -0.39 is 0 Å². The van der Waals surface area contributed by atoms with Gasteiger partial charge in [0.2, 0.25) is 0 Å². The fourth-order valence-electron chi connectivity index (χ4n) is 3.86. The van der Waals surface area contributed by atoms with Gasteiger partial charge in [-0.05, 0) is 74.6 Å². The van der Waals surface area contributed by atoms with E-state index in [1.165, 1.54) is 5.56 Å². The Kier molecular flexibility index (Phi) is 7.95. The number of pyridine rings is 1. The molecule has 176 valence electrons. The topological polar surface area (TPSA) is 69.2 Å². The molecule has 0 radical (unpaired) electrons. The lowest BCUT2D eigenvalue weighted by atomic mass is 10.1. The smallest absolute Gasteiger partial charge is 0.163 e. The lowest BCUT2D eigenvalue weighted by molar-refractivity contribution is 0.287. The van der Waals surface area contributed by atoms with Crippen molar-refractivity contribution < 1.29 is 9.47 Å². The zero-order valence-electron chi connectivity index (χ0n) is 19.7. The van der Waals surface area contributed by atoms with Gasteiger partial charge in [-0.25, -0.2) is 9.97 Å². The van der Waals surface area contributed by atoms with Gasteiger partial charge in [0.1, 0.15) is 11.6 Å². The van der Waals surface area contributed by atoms with Gasteiger partial charge in [0.05, 0.1) is 25.3 Å². The quantitative estimate of drug-likeness (QED) is 0.235. The number of nitrogens with one attached hydrogen (secondary N) is 1. The normalized spacial score (nSPS) is 11.9. The predicted molar refractivity (Wildman–Crippen MR) is 140 cm³/mol. The third-order valence-electron chi connectivity index (χ3n) is 5.66. The van der Waals surface area contributed by atoms with Crippen LogP contribution in [0, 0.1) is 6.92 Å². The number of anilines is 1. The van der Waals surface area contributed by atoms with Gasteiger partial charge in [0, 0.05) is 28.3 Å². The van der Waals surface area contributed by atoms with Crippen molar-refractivity contribution >= 4 is 32.7 Å². The van der Waals surface area contributed by atoms with Gasteiger partial charge >= 0.3 is 0 Å². The highest BCUT2D eigenvalue weighted by Gasteiger charge is 2.15. The summed E-state index contributed by atoms with van der Waals surface area (Å²) in [6.45, 7) is 4.63. The molecule has 4 rings (SSSR count). The zero-order chi connectivity index (χ0) is 23.9. The van der Waals surface area contributed by atoms with Crippen LogP contribution in [-0.2, 0) is 6.42 Å². The van der Waals surface area contributed by atoms with Crippen LogP contribution < -0.4 is 14.8 Å². The van der Waals surface area contributed by atoms with E-state index in [2.05, 4.69) is 67.4 Å². The molecule has 0 unspecified atom stereocenters. The number of benzene rings is 2. The summed E-state index contributed by atoms with van der Waals surface area (Å²) in [5.74, 6) is 2.84. The summed E-state index contributed by atoms with van der Waals surface area (Å²) in [4.78, 5) is 13.4. The van der Waals surface area contributed by atoms with E-state index in [4.69, 9.17) is 9.47 Å². The number of aryl methyl sites for hydroxylation is 2. The molecule has 4 aromatic rings. The Morgan fingerprint density at radius 2 is 1.82 bits per heavy atom. The van der Waals surface area contributed by atoms with Gasteiger partial charge in [0.15, 0.2) is 11.5 Å². The Morgan fingerprint density at radius 1 is 1.00 bits per heavy atom. The molecular formula is C27H29BrN4O2. The van der Waals surface area contributed by atoms with Crippen LogP contribution in [0.3, 0.4) is 0 Å². The van der Waals surface area contributed by atoms with Crippen molar-refractivity contribution in [2.24, 2.45) is 0 Å². The molecular weight excluding hydrogens is 492 g/mol. The monoisotopic (exact) mass is 520 g/mol. The second kappa shape index (κ2) is 11.3. The number of methoxy groups -OCH3 is 1. The van der Waals surface area contributed by atoms with Gasteiger partial charge in [0.25, 0.3) is 0 Å². The second-order valence-electron chi connectivity index (χ2n) is 8.22. The highest BCUT2D eigenvalue weighted by molar-refractivity contribution is 9.10. The van der Waals surface area contributed by atoms with Crippen LogP contribution in [-0.4, -0.2) is 28.7 Å². The number of fused-ring (bicyclic) bond motifs is 1. The average Bonchev–Trinajstić information content (AvgIpc) is 2.84. The largest absolute Gasteiger partial charge is 0.493 e. The summed E-state index contributed by atoms with van der Waals surface area (Å²) in [7, 11) is 1.66. The maximum atomic E-state index is 6.09. The fraction of sp³-hybridized carbons (Fsp3) is 0.296. The molecule has 2 aromatic heterocycles. The van der Waals surface area contributed by atoms with Gasteiger partial charge in [-0.2, -0.15) is 0 Å². The van der Waals surface area contributed by atoms with Crippen molar-refractivity contribution in [2.45, 2.75) is 39.2 Å². The predicted octanol–water partition coefficient (Wildman–Crippen LogP) is 6.68. The summed E-state index contributed by atoms with van der Waals surface area (Å²) in [6.07, 6.45) is 6.67. The lowest BCUT2D eigenvalue weighted by Crippen LogP contribution is -2.10. The molecule has 34 heavy (non-hydrogen) atoms. The molecule has 2 heterocycles. The van der Waals surface area contributed by atoms with Crippen LogP contribution in [0.15, 0.2) is 65.4 Å². The number of nitrogens with zero attached hydrogens (tertiary/aromatic N) is 3. The first-order chi connectivity index (χ1) is 16.5. The van der Waals surface area contributed by atoms with Gasteiger partial charge in [-0.15, -0.1) is 0 Å². The third-order valence-corrected chi connectivity index (χ3v) is 6.15. The van der Waals surface area contributed by atoms with E-state index in [-0.39, 0.29) is 6.04 Å². The molecule has 1 atom stereocenters. The number of ether oxygens (including phenoxy) is 2. The highest BCUT2D eigenvalue weighted by Crippen LogP contribution is 2.35. The van der Waals surface area contributed by atoms with Gasteiger partial charge < -0.3 is 14.8 Å². The SMILES string of the molecule is COc1cc2c(N[C@H](C)c3cccc(Br)c3)nc(C)nc2cc1OCCCCc1ccncc1. The summed E-state index contributed by atoms with van der Waals surface area (Å²) in [5.41, 5.74) is 3.28. The van der Waals surface area contributed by atoms with Gasteiger partial charge in [-0.3, -0.25) is 4.98 Å². The molecule has 6 nitrogen and oxygen atoms in total. The Morgan fingerprint density at radius 3 is 2.59 bits per heavy atom. The fourth-order valence-corrected chi connectivity index (χ4v) is 4.28. The standard InChI is InChI=1S/C27H29BrN4O2/c1-18(21-8-6-9-22(28)15-21)30-27-23-16-25(33-3)26(17-24(23)31-19(2)32-27)34-14-5-4-7-20-10-12-29-13-11-20/h6,8-13,15-18H,4-5,7,14H2,1-3H3,(H,30,31,32)/t18-/m1/s1. The number of rotatable bonds is 10. The molecule has 0 bridgehead atoms. The van der Waals surface area contributed by atoms with E-state index in [0.29, 0.717) is 23.9 Å². The zero-order valence-corrected chi connectivity index (χ0v) is 21.3. The van der Waals surface area contributed by atoms with Crippen molar-refractivity contribution in [3.05, 3.63) is 82.3 Å². The third kappa shape index (κ3) is 6.03. The molecule has 0 saturated carbocycles. The number of hydrogen-bond donors (Lipinski definition) is 1. The van der Waals surface area contributed by atoms with Crippen LogP contribution >= 0.6 is 15.9 Å². The number of halogens is 1. The van der Waals surface area contributed by atoms with Crippen molar-refractivity contribution in [3.63, 3.8) is 0 Å². The summed E-state index contributed by atoms with van der Waals surface area (Å²) >= 11 is 3.55. The molecule has 0 fully saturated rings. The van der Waals surface area contributed by atoms with Gasteiger partial charge in [-0.1, -0.05) is 28.1 Å². The summed E-state index contributed by atoms with van der Waals surface area (Å²) in [6, 6.07) is 16.3. The second-order valence-corrected chi connectivity index (χ2v) is 9.14. The van der Waals surface area contributed by atoms with E-state index in [1.807, 2.05) is 43.6 Å². The molecule has 0 aliphatic heterocycles. The Hall–Kier alpha value is -3.19. The van der Waals surface area contributed by atoms with Crippen molar-refractivity contribution in [1.82, 2.24) is 15.0 Å². The first-order valence-electron chi connectivity index (χ1n) is 11.4. The van der Waals surface area contributed by atoms with Crippen molar-refractivity contribution in [3.8, 4) is 11.5 Å². The number of hydrogen-bond acceptors (Lipinski definition) is 6. The van der Waals surface area contributed by atoms with Crippen molar-refractivity contribution in [1.29, 1.82) is 0 Å². The minimum Gasteiger partial charge on any atom is -0.493 e. The highest BCUT2D eigenvalue weighted by atomic mass is 79.9. The van der Waals surface area contributed by atoms with E-state index in [9.17, 15) is 0 Å². The Bertz CT molecular complexity index is 1250. The van der Waals surface area contributed by atoms with Crippen LogP contribution in [0.4, 0.5) is 5.82 Å². The van der Waals surface area contributed by atoms with E-state index in [1.54, 1.807) is 7.11 Å². The lowest BCUT2D eigenvalue weighted by Gasteiger charge is -2.18. The molecule has 1 N–H and O–H groups in total. The van der Waals surface area contributed by atoms with E-state index in [0.717, 1.165) is 46.0 Å². The minimum absolute atomic E-state index is 0.0670. The summed E-state index contributed by atoms with van der Waals surface area (Å²) in [5, 5.41) is 4.44. The number of aromatic nitrogens is 3. The van der Waals surface area contributed by atoms with E-state index >= 15 is 0 Å². The molecule has 0 amide bonds. The molecule has 0 spiro atoms.